The van der Waals surface area contributed by atoms with Gasteiger partial charge in [0.25, 0.3) is 0 Å². The van der Waals surface area contributed by atoms with Gasteiger partial charge in [0.15, 0.2) is 0 Å². The minimum absolute atomic E-state index is 0.517. The van der Waals surface area contributed by atoms with Gasteiger partial charge >= 0.3 is 0 Å². The van der Waals surface area contributed by atoms with Crippen LogP contribution in [0.2, 0.25) is 0 Å². The van der Waals surface area contributed by atoms with Crippen LogP contribution in [0.1, 0.15) is 40.0 Å². The molecule has 1 aliphatic heterocycles. The van der Waals surface area contributed by atoms with Crippen LogP contribution in [-0.4, -0.2) is 23.6 Å². The molecule has 1 aliphatic carbocycles. The van der Waals surface area contributed by atoms with E-state index in [2.05, 4.69) is 37.8 Å². The highest BCUT2D eigenvalue weighted by Crippen LogP contribution is 2.42. The molecule has 0 amide bonds. The van der Waals surface area contributed by atoms with Gasteiger partial charge in [-0.3, -0.25) is 0 Å². The van der Waals surface area contributed by atoms with Crippen molar-refractivity contribution in [2.45, 2.75) is 51.3 Å². The lowest BCUT2D eigenvalue weighted by atomic mass is 9.71. The molecule has 3 atom stereocenters. The standard InChI is InChI=1S/C12H23NS/c1-12(2,3)9-4-5-10-11(8-9)14-7-6-13-10/h9-11,13H,4-8H2,1-3H3. The lowest BCUT2D eigenvalue weighted by Gasteiger charge is -2.43. The van der Waals surface area contributed by atoms with Crippen molar-refractivity contribution in [2.24, 2.45) is 11.3 Å². The Bertz CT molecular complexity index is 197. The molecule has 1 nitrogen and oxygen atoms in total. The van der Waals surface area contributed by atoms with Crippen molar-refractivity contribution in [1.29, 1.82) is 0 Å². The average Bonchev–Trinajstić information content (AvgIpc) is 2.16. The van der Waals surface area contributed by atoms with Gasteiger partial charge in [-0.15, -0.1) is 0 Å². The molecular formula is C12H23NS. The molecule has 82 valence electrons. The fourth-order valence-electron chi connectivity index (χ4n) is 2.79. The van der Waals surface area contributed by atoms with Crippen LogP contribution in [0.3, 0.4) is 0 Å². The number of rotatable bonds is 0. The molecule has 2 heteroatoms. The van der Waals surface area contributed by atoms with E-state index in [0.29, 0.717) is 5.41 Å². The van der Waals surface area contributed by atoms with E-state index in [9.17, 15) is 0 Å². The summed E-state index contributed by atoms with van der Waals surface area (Å²) < 4.78 is 0. The van der Waals surface area contributed by atoms with Gasteiger partial charge in [-0.1, -0.05) is 20.8 Å². The van der Waals surface area contributed by atoms with Gasteiger partial charge in [0.2, 0.25) is 0 Å². The highest BCUT2D eigenvalue weighted by atomic mass is 32.2. The van der Waals surface area contributed by atoms with E-state index in [4.69, 9.17) is 0 Å². The SMILES string of the molecule is CC(C)(C)C1CCC2NCCSC2C1. The summed E-state index contributed by atoms with van der Waals surface area (Å²) in [5, 5.41) is 4.58. The molecule has 0 aromatic rings. The highest BCUT2D eigenvalue weighted by molar-refractivity contribution is 8.00. The Morgan fingerprint density at radius 1 is 1.21 bits per heavy atom. The first-order valence-electron chi connectivity index (χ1n) is 5.92. The van der Waals surface area contributed by atoms with Gasteiger partial charge in [0.05, 0.1) is 0 Å². The van der Waals surface area contributed by atoms with E-state index in [1.807, 2.05) is 0 Å². The first-order valence-corrected chi connectivity index (χ1v) is 6.97. The number of fused-ring (bicyclic) bond motifs is 1. The predicted octanol–water partition coefficient (Wildman–Crippen LogP) is 2.91. The monoisotopic (exact) mass is 213 g/mol. The van der Waals surface area contributed by atoms with Crippen LogP contribution >= 0.6 is 11.8 Å². The Balaban J connectivity index is 1.96. The first-order chi connectivity index (χ1) is 6.57. The molecule has 14 heavy (non-hydrogen) atoms. The number of thioether (sulfide) groups is 1. The van der Waals surface area contributed by atoms with Crippen molar-refractivity contribution in [3.8, 4) is 0 Å². The molecule has 1 saturated carbocycles. The van der Waals surface area contributed by atoms with Crippen molar-refractivity contribution in [3.63, 3.8) is 0 Å². The van der Waals surface area contributed by atoms with E-state index in [0.717, 1.165) is 17.2 Å². The van der Waals surface area contributed by atoms with Crippen molar-refractivity contribution >= 4 is 11.8 Å². The Morgan fingerprint density at radius 2 is 2.00 bits per heavy atom. The maximum Gasteiger partial charge on any atom is 0.0204 e. The Morgan fingerprint density at radius 3 is 2.71 bits per heavy atom. The first kappa shape index (κ1) is 10.8. The van der Waals surface area contributed by atoms with Crippen LogP contribution in [0.4, 0.5) is 0 Å². The summed E-state index contributed by atoms with van der Waals surface area (Å²) in [6, 6.07) is 0.826. The smallest absolute Gasteiger partial charge is 0.0204 e. The van der Waals surface area contributed by atoms with Crippen LogP contribution < -0.4 is 5.32 Å². The molecule has 2 fully saturated rings. The lowest BCUT2D eigenvalue weighted by Crippen LogP contribution is -2.48. The van der Waals surface area contributed by atoms with Gasteiger partial charge in [-0.05, 0) is 30.6 Å². The molecule has 0 aromatic carbocycles. The van der Waals surface area contributed by atoms with Crippen LogP contribution in [-0.2, 0) is 0 Å². The van der Waals surface area contributed by atoms with E-state index in [-0.39, 0.29) is 0 Å². The predicted molar refractivity (Wildman–Crippen MR) is 64.8 cm³/mol. The maximum atomic E-state index is 3.67. The molecule has 2 rings (SSSR count). The van der Waals surface area contributed by atoms with Crippen molar-refractivity contribution in [1.82, 2.24) is 5.32 Å². The molecule has 1 heterocycles. The zero-order valence-corrected chi connectivity index (χ0v) is 10.5. The molecule has 1 saturated heterocycles. The summed E-state index contributed by atoms with van der Waals surface area (Å²) in [5.74, 6) is 2.26. The average molecular weight is 213 g/mol. The third kappa shape index (κ3) is 2.27. The summed E-state index contributed by atoms with van der Waals surface area (Å²) in [7, 11) is 0. The van der Waals surface area contributed by atoms with Crippen LogP contribution in [0.5, 0.6) is 0 Å². The Hall–Kier alpha value is 0.310. The van der Waals surface area contributed by atoms with Crippen molar-refractivity contribution < 1.29 is 0 Å². The van der Waals surface area contributed by atoms with Crippen LogP contribution in [0.25, 0.3) is 0 Å². The third-order valence-corrected chi connectivity index (χ3v) is 5.25. The topological polar surface area (TPSA) is 12.0 Å². The van der Waals surface area contributed by atoms with Gasteiger partial charge < -0.3 is 5.32 Å². The summed E-state index contributed by atoms with van der Waals surface area (Å²) in [4.78, 5) is 0. The van der Waals surface area contributed by atoms with Gasteiger partial charge in [-0.25, -0.2) is 0 Å². The summed E-state index contributed by atoms with van der Waals surface area (Å²) in [5.41, 5.74) is 0.517. The molecule has 1 N–H and O–H groups in total. The van der Waals surface area contributed by atoms with Gasteiger partial charge in [0, 0.05) is 23.6 Å². The fourth-order valence-corrected chi connectivity index (χ4v) is 4.16. The molecule has 0 radical (unpaired) electrons. The summed E-state index contributed by atoms with van der Waals surface area (Å²) >= 11 is 2.20. The summed E-state index contributed by atoms with van der Waals surface area (Å²) in [6.45, 7) is 8.43. The second kappa shape index (κ2) is 4.05. The van der Waals surface area contributed by atoms with E-state index in [1.165, 1.54) is 31.6 Å². The minimum Gasteiger partial charge on any atom is -0.312 e. The Kier molecular flexibility index (Phi) is 3.13. The number of hydrogen-bond acceptors (Lipinski definition) is 2. The van der Waals surface area contributed by atoms with E-state index in [1.54, 1.807) is 0 Å². The normalized spacial score (nSPS) is 39.2. The molecule has 3 unspecified atom stereocenters. The molecule has 2 aliphatic rings. The quantitative estimate of drug-likeness (QED) is 0.664. The zero-order valence-electron chi connectivity index (χ0n) is 9.68. The largest absolute Gasteiger partial charge is 0.312 e. The zero-order chi connectivity index (χ0) is 10.2. The van der Waals surface area contributed by atoms with Crippen LogP contribution in [0, 0.1) is 11.3 Å². The molecular weight excluding hydrogens is 190 g/mol. The Labute approximate surface area is 92.4 Å². The lowest BCUT2D eigenvalue weighted by molar-refractivity contribution is 0.164. The molecule has 0 spiro atoms. The van der Waals surface area contributed by atoms with Gasteiger partial charge in [0.1, 0.15) is 0 Å². The molecule has 0 bridgehead atoms. The van der Waals surface area contributed by atoms with Gasteiger partial charge in [-0.2, -0.15) is 11.8 Å². The van der Waals surface area contributed by atoms with Crippen LogP contribution in [0.15, 0.2) is 0 Å². The fraction of sp³-hybridized carbons (Fsp3) is 1.00. The minimum atomic E-state index is 0.517. The number of hydrogen-bond donors (Lipinski definition) is 1. The maximum absolute atomic E-state index is 3.67. The third-order valence-electron chi connectivity index (χ3n) is 3.86. The number of nitrogens with one attached hydrogen (secondary N) is 1. The van der Waals surface area contributed by atoms with Crippen molar-refractivity contribution in [3.05, 3.63) is 0 Å². The second-order valence-corrected chi connectivity index (χ2v) is 7.19. The van der Waals surface area contributed by atoms with E-state index >= 15 is 0 Å². The summed E-state index contributed by atoms with van der Waals surface area (Å²) in [6.07, 6.45) is 4.27. The second-order valence-electron chi connectivity index (χ2n) is 5.85. The van der Waals surface area contributed by atoms with Crippen molar-refractivity contribution in [2.75, 3.05) is 12.3 Å². The highest BCUT2D eigenvalue weighted by Gasteiger charge is 2.36. The van der Waals surface area contributed by atoms with E-state index < -0.39 is 0 Å². The molecule has 0 aromatic heterocycles.